The molecule has 0 aliphatic carbocycles. The van der Waals surface area contributed by atoms with Crippen LogP contribution in [-0.2, 0) is 0 Å². The van der Waals surface area contributed by atoms with Gasteiger partial charge in [-0.15, -0.1) is 0 Å². The first-order valence-electron chi connectivity index (χ1n) is 6.20. The first-order valence-corrected chi connectivity index (χ1v) is 6.20. The molecule has 0 amide bonds. The van der Waals surface area contributed by atoms with Crippen LogP contribution in [0.1, 0.15) is 12.0 Å². The van der Waals surface area contributed by atoms with Gasteiger partial charge in [0.2, 0.25) is 0 Å². The zero-order chi connectivity index (χ0) is 16.1. The predicted molar refractivity (Wildman–Crippen MR) is 80.4 cm³/mol. The van der Waals surface area contributed by atoms with Gasteiger partial charge in [-0.3, -0.25) is 4.99 Å². The summed E-state index contributed by atoms with van der Waals surface area (Å²) >= 11 is 0. The standard InChI is InChI=1S/C13H14F2N6O/c1-18-11-10(12(14)15)9(6-21-13(11)17)22-8(4-16)7-5-19-2-3-20-7/h2-6,12,16,18,20H,1H3,(H2,17,21)/b8-7+,16-4?. The molecule has 9 heteroatoms. The van der Waals surface area contributed by atoms with Gasteiger partial charge in [0.05, 0.1) is 29.9 Å². The zero-order valence-electron chi connectivity index (χ0n) is 11.6. The fraction of sp³-hybridized carbons (Fsp3) is 0.154. The molecule has 0 atom stereocenters. The molecule has 0 spiro atoms. The number of nitrogen functional groups attached to an aromatic ring is 1. The lowest BCUT2D eigenvalue weighted by Gasteiger charge is -2.17. The molecule has 0 fully saturated rings. The van der Waals surface area contributed by atoms with Crippen molar-refractivity contribution in [3.05, 3.63) is 35.6 Å². The van der Waals surface area contributed by atoms with Crippen molar-refractivity contribution in [1.29, 1.82) is 5.41 Å². The van der Waals surface area contributed by atoms with Gasteiger partial charge in [-0.2, -0.15) is 0 Å². The van der Waals surface area contributed by atoms with Gasteiger partial charge in [-0.05, 0) is 0 Å². The Kier molecular flexibility index (Phi) is 4.66. The molecule has 2 rings (SSSR count). The molecule has 0 saturated carbocycles. The molecular formula is C13H14F2N6O. The number of nitrogens with two attached hydrogens (primary N) is 1. The molecule has 0 bridgehead atoms. The Bertz CT molecular complexity index is 669. The van der Waals surface area contributed by atoms with E-state index >= 15 is 0 Å². The maximum Gasteiger partial charge on any atom is 0.269 e. The number of anilines is 2. The fourth-order valence-corrected chi connectivity index (χ4v) is 1.82. The highest BCUT2D eigenvalue weighted by molar-refractivity contribution is 5.89. The van der Waals surface area contributed by atoms with E-state index in [4.69, 9.17) is 15.9 Å². The van der Waals surface area contributed by atoms with E-state index in [1.54, 1.807) is 0 Å². The summed E-state index contributed by atoms with van der Waals surface area (Å²) in [7, 11) is 1.46. The number of halogens is 2. The summed E-state index contributed by atoms with van der Waals surface area (Å²) in [5, 5.41) is 12.8. The first-order chi connectivity index (χ1) is 10.6. The predicted octanol–water partition coefficient (Wildman–Crippen LogP) is 2.03. The van der Waals surface area contributed by atoms with Crippen molar-refractivity contribution in [3.63, 3.8) is 0 Å². The minimum atomic E-state index is -2.83. The number of aromatic nitrogens is 1. The summed E-state index contributed by atoms with van der Waals surface area (Å²) in [5.74, 6) is -0.234. The van der Waals surface area contributed by atoms with E-state index in [0.717, 1.165) is 12.4 Å². The van der Waals surface area contributed by atoms with Crippen molar-refractivity contribution in [2.24, 2.45) is 4.99 Å². The summed E-state index contributed by atoms with van der Waals surface area (Å²) in [6.45, 7) is 0. The van der Waals surface area contributed by atoms with Crippen LogP contribution in [0, 0.1) is 5.41 Å². The third kappa shape index (κ3) is 3.03. The van der Waals surface area contributed by atoms with E-state index in [2.05, 4.69) is 20.6 Å². The van der Waals surface area contributed by atoms with Crippen LogP contribution in [-0.4, -0.2) is 24.5 Å². The third-order valence-corrected chi connectivity index (χ3v) is 2.80. The number of pyridine rings is 1. The number of nitrogens with one attached hydrogen (secondary N) is 3. The summed E-state index contributed by atoms with van der Waals surface area (Å²) in [6.07, 6.45) is 3.59. The van der Waals surface area contributed by atoms with Gasteiger partial charge < -0.3 is 26.5 Å². The van der Waals surface area contributed by atoms with Crippen LogP contribution in [0.3, 0.4) is 0 Å². The van der Waals surface area contributed by atoms with E-state index in [0.29, 0.717) is 5.70 Å². The smallest absolute Gasteiger partial charge is 0.269 e. The lowest BCUT2D eigenvalue weighted by atomic mass is 10.2. The van der Waals surface area contributed by atoms with E-state index in [1.165, 1.54) is 25.7 Å². The van der Waals surface area contributed by atoms with Gasteiger partial charge in [0, 0.05) is 19.4 Å². The fourth-order valence-electron chi connectivity index (χ4n) is 1.82. The largest absolute Gasteiger partial charge is 0.451 e. The Balaban J connectivity index is 2.46. The molecule has 0 radical (unpaired) electrons. The molecule has 1 aromatic heterocycles. The molecule has 1 aliphatic rings. The average Bonchev–Trinajstić information content (AvgIpc) is 2.53. The second kappa shape index (κ2) is 6.66. The van der Waals surface area contributed by atoms with Gasteiger partial charge in [0.15, 0.2) is 11.5 Å². The molecule has 5 N–H and O–H groups in total. The lowest BCUT2D eigenvalue weighted by molar-refractivity contribution is 0.148. The molecule has 0 unspecified atom stereocenters. The van der Waals surface area contributed by atoms with Gasteiger partial charge in [0.1, 0.15) is 11.5 Å². The summed E-state index contributed by atoms with van der Waals surface area (Å²) in [6, 6.07) is 0. The molecule has 22 heavy (non-hydrogen) atoms. The van der Waals surface area contributed by atoms with E-state index in [9.17, 15) is 8.78 Å². The SMILES string of the molecule is CNc1c(N)ncc(O/C(C=N)=C2\C=NC=CN2)c1C(F)F. The van der Waals surface area contributed by atoms with E-state index in [-0.39, 0.29) is 23.0 Å². The van der Waals surface area contributed by atoms with Gasteiger partial charge in [-0.1, -0.05) is 0 Å². The Labute approximate surface area is 125 Å². The summed E-state index contributed by atoms with van der Waals surface area (Å²) < 4.78 is 32.0. The second-order valence-corrected chi connectivity index (χ2v) is 4.11. The Morgan fingerprint density at radius 3 is 2.86 bits per heavy atom. The van der Waals surface area contributed by atoms with Crippen LogP contribution in [0.25, 0.3) is 0 Å². The number of rotatable bonds is 5. The highest BCUT2D eigenvalue weighted by Gasteiger charge is 2.23. The van der Waals surface area contributed by atoms with Crippen molar-refractivity contribution in [2.75, 3.05) is 18.1 Å². The molecule has 0 saturated heterocycles. The third-order valence-electron chi connectivity index (χ3n) is 2.80. The minimum absolute atomic E-state index is 0.00741. The molecule has 116 valence electrons. The van der Waals surface area contributed by atoms with Crippen LogP contribution in [0.4, 0.5) is 20.3 Å². The number of nitrogens with zero attached hydrogens (tertiary/aromatic N) is 2. The number of aliphatic imine (C=N–C) groups is 1. The van der Waals surface area contributed by atoms with Crippen LogP contribution in [0.5, 0.6) is 5.75 Å². The quantitative estimate of drug-likeness (QED) is 0.491. The number of hydrogen-bond donors (Lipinski definition) is 4. The maximum absolute atomic E-state index is 13.3. The summed E-state index contributed by atoms with van der Waals surface area (Å²) in [4.78, 5) is 7.69. The van der Waals surface area contributed by atoms with Crippen LogP contribution in [0.2, 0.25) is 0 Å². The molecule has 1 aliphatic heterocycles. The molecular weight excluding hydrogens is 294 g/mol. The number of hydrogen-bond acceptors (Lipinski definition) is 7. The number of alkyl halides is 2. The van der Waals surface area contributed by atoms with Crippen molar-refractivity contribution < 1.29 is 13.5 Å². The Morgan fingerprint density at radius 1 is 1.55 bits per heavy atom. The Morgan fingerprint density at radius 2 is 2.32 bits per heavy atom. The summed E-state index contributed by atoms with van der Waals surface area (Å²) in [5.41, 5.74) is 5.52. The lowest BCUT2D eigenvalue weighted by Crippen LogP contribution is -2.16. The van der Waals surface area contributed by atoms with Gasteiger partial charge >= 0.3 is 0 Å². The first kappa shape index (κ1) is 15.4. The van der Waals surface area contributed by atoms with Crippen molar-refractivity contribution in [1.82, 2.24) is 10.3 Å². The Hall–Kier alpha value is -2.97. The van der Waals surface area contributed by atoms with Gasteiger partial charge in [-0.25, -0.2) is 13.8 Å². The molecule has 7 nitrogen and oxygen atoms in total. The average molecular weight is 308 g/mol. The maximum atomic E-state index is 13.3. The highest BCUT2D eigenvalue weighted by atomic mass is 19.3. The monoisotopic (exact) mass is 308 g/mol. The van der Waals surface area contributed by atoms with E-state index < -0.39 is 12.0 Å². The normalized spacial score (nSPS) is 15.5. The topological polar surface area (TPSA) is 108 Å². The van der Waals surface area contributed by atoms with Crippen LogP contribution in [0.15, 0.2) is 35.0 Å². The number of allylic oxidation sites excluding steroid dienone is 2. The van der Waals surface area contributed by atoms with Crippen molar-refractivity contribution in [2.45, 2.75) is 6.43 Å². The zero-order valence-corrected chi connectivity index (χ0v) is 11.6. The van der Waals surface area contributed by atoms with Gasteiger partial charge in [0.25, 0.3) is 6.43 Å². The molecule has 0 aromatic carbocycles. The highest BCUT2D eigenvalue weighted by Crippen LogP contribution is 2.38. The molecule has 2 heterocycles. The van der Waals surface area contributed by atoms with Crippen LogP contribution >= 0.6 is 0 Å². The van der Waals surface area contributed by atoms with Crippen molar-refractivity contribution in [3.8, 4) is 5.75 Å². The van der Waals surface area contributed by atoms with Crippen molar-refractivity contribution >= 4 is 23.9 Å². The number of ether oxygens (including phenoxy) is 1. The minimum Gasteiger partial charge on any atom is -0.451 e. The molecule has 1 aromatic rings. The van der Waals surface area contributed by atoms with E-state index in [1.807, 2.05) is 0 Å². The van der Waals surface area contributed by atoms with Crippen LogP contribution < -0.4 is 21.1 Å². The second-order valence-electron chi connectivity index (χ2n) is 4.11.